The quantitative estimate of drug-likeness (QED) is 0.724. The molecule has 1 aliphatic heterocycles. The molecule has 1 aliphatic rings. The van der Waals surface area contributed by atoms with Crippen molar-refractivity contribution in [3.05, 3.63) is 23.4 Å². The van der Waals surface area contributed by atoms with Crippen LogP contribution in [0.4, 0.5) is 5.82 Å². The van der Waals surface area contributed by atoms with E-state index in [0.29, 0.717) is 23.7 Å². The third kappa shape index (κ3) is 5.39. The first-order valence-corrected chi connectivity index (χ1v) is 10.3. The molecule has 0 saturated carbocycles. The van der Waals surface area contributed by atoms with Crippen LogP contribution in [0.15, 0.2) is 18.3 Å². The molecule has 8 nitrogen and oxygen atoms in total. The third-order valence-electron chi connectivity index (χ3n) is 4.19. The number of esters is 1. The van der Waals surface area contributed by atoms with Crippen molar-refractivity contribution in [1.82, 2.24) is 9.29 Å². The van der Waals surface area contributed by atoms with E-state index in [0.717, 1.165) is 0 Å². The topological polar surface area (TPSA) is 106 Å². The second kappa shape index (κ2) is 8.79. The number of aromatic nitrogens is 1. The van der Waals surface area contributed by atoms with Crippen LogP contribution in [0.2, 0.25) is 5.02 Å². The van der Waals surface area contributed by atoms with Gasteiger partial charge in [0.2, 0.25) is 10.0 Å². The van der Waals surface area contributed by atoms with E-state index in [9.17, 15) is 18.0 Å². The number of nitrogens with zero attached hydrogens (tertiary/aromatic N) is 2. The molecule has 1 aromatic rings. The molecule has 1 fully saturated rings. The lowest BCUT2D eigenvalue weighted by atomic mass is 9.98. The fourth-order valence-electron chi connectivity index (χ4n) is 2.55. The Morgan fingerprint density at radius 1 is 1.38 bits per heavy atom. The Labute approximate surface area is 157 Å². The smallest absolute Gasteiger partial charge is 0.309 e. The maximum atomic E-state index is 12.2. The van der Waals surface area contributed by atoms with Crippen molar-refractivity contribution in [3.63, 3.8) is 0 Å². The summed E-state index contributed by atoms with van der Waals surface area (Å²) < 4.78 is 30.3. The predicted molar refractivity (Wildman–Crippen MR) is 97.2 cm³/mol. The lowest BCUT2D eigenvalue weighted by Crippen LogP contribution is -2.42. The molecule has 10 heteroatoms. The van der Waals surface area contributed by atoms with Crippen molar-refractivity contribution in [1.29, 1.82) is 0 Å². The first-order chi connectivity index (χ1) is 12.2. The highest BCUT2D eigenvalue weighted by Crippen LogP contribution is 2.21. The normalized spacial score (nSPS) is 17.5. The Bertz CT molecular complexity index is 746. The van der Waals surface area contributed by atoms with Crippen molar-refractivity contribution in [3.8, 4) is 0 Å². The molecule has 2 rings (SSSR count). The van der Waals surface area contributed by atoms with Gasteiger partial charge in [0.1, 0.15) is 5.82 Å². The van der Waals surface area contributed by atoms with Gasteiger partial charge in [0.15, 0.2) is 6.10 Å². The zero-order chi connectivity index (χ0) is 19.3. The number of nitrogens with one attached hydrogen (secondary N) is 1. The van der Waals surface area contributed by atoms with Crippen LogP contribution in [0, 0.1) is 5.92 Å². The van der Waals surface area contributed by atoms with Gasteiger partial charge in [0, 0.05) is 19.3 Å². The van der Waals surface area contributed by atoms with Crippen molar-refractivity contribution >= 4 is 39.3 Å². The average Bonchev–Trinajstić information content (AvgIpc) is 2.63. The SMILES string of the molecule is CCS(=O)(=O)N1CCC(C(=O)O[C@@H](C)C(=O)Nc2ccc(Cl)cn2)CC1. The molecule has 0 aliphatic carbocycles. The van der Waals surface area contributed by atoms with Crippen LogP contribution < -0.4 is 5.32 Å². The van der Waals surface area contributed by atoms with Crippen LogP contribution in [0.5, 0.6) is 0 Å². The van der Waals surface area contributed by atoms with Crippen LogP contribution in [0.25, 0.3) is 0 Å². The van der Waals surface area contributed by atoms with Gasteiger partial charge >= 0.3 is 5.97 Å². The summed E-state index contributed by atoms with van der Waals surface area (Å²) in [4.78, 5) is 28.3. The Balaban J connectivity index is 1.83. The fraction of sp³-hybridized carbons (Fsp3) is 0.562. The predicted octanol–water partition coefficient (Wildman–Crippen LogP) is 1.67. The highest BCUT2D eigenvalue weighted by atomic mass is 35.5. The minimum absolute atomic E-state index is 0.0397. The minimum atomic E-state index is -3.24. The number of anilines is 1. The fourth-order valence-corrected chi connectivity index (χ4v) is 3.80. The molecule has 0 unspecified atom stereocenters. The summed E-state index contributed by atoms with van der Waals surface area (Å²) >= 11 is 5.73. The van der Waals surface area contributed by atoms with Crippen LogP contribution in [0.3, 0.4) is 0 Å². The van der Waals surface area contributed by atoms with Gasteiger partial charge in [-0.3, -0.25) is 9.59 Å². The van der Waals surface area contributed by atoms with Crippen molar-refractivity contribution in [2.24, 2.45) is 5.92 Å². The van der Waals surface area contributed by atoms with Crippen LogP contribution in [-0.4, -0.2) is 54.5 Å². The van der Waals surface area contributed by atoms with Gasteiger partial charge in [-0.1, -0.05) is 11.6 Å². The first kappa shape index (κ1) is 20.6. The van der Waals surface area contributed by atoms with E-state index in [1.165, 1.54) is 17.4 Å². The number of hydrogen-bond donors (Lipinski definition) is 1. The molecule has 0 spiro atoms. The van der Waals surface area contributed by atoms with Gasteiger partial charge in [0.05, 0.1) is 16.7 Å². The van der Waals surface area contributed by atoms with Crippen LogP contribution >= 0.6 is 11.6 Å². The lowest BCUT2D eigenvalue weighted by molar-refractivity contribution is -0.158. The number of hydrogen-bond acceptors (Lipinski definition) is 6. The number of ether oxygens (including phenoxy) is 1. The first-order valence-electron chi connectivity index (χ1n) is 8.33. The monoisotopic (exact) mass is 403 g/mol. The third-order valence-corrected chi connectivity index (χ3v) is 6.29. The molecule has 0 aromatic carbocycles. The summed E-state index contributed by atoms with van der Waals surface area (Å²) in [5.41, 5.74) is 0. The van der Waals surface area contributed by atoms with Crippen LogP contribution in [-0.2, 0) is 24.3 Å². The molecule has 26 heavy (non-hydrogen) atoms. The van der Waals surface area contributed by atoms with Gasteiger partial charge in [0.25, 0.3) is 5.91 Å². The van der Waals surface area contributed by atoms with Crippen molar-refractivity contribution < 1.29 is 22.7 Å². The van der Waals surface area contributed by atoms with Crippen molar-refractivity contribution in [2.75, 3.05) is 24.2 Å². The molecule has 1 N–H and O–H groups in total. The van der Waals surface area contributed by atoms with Gasteiger partial charge in [-0.25, -0.2) is 17.7 Å². The standard InChI is InChI=1S/C16H22ClN3O5S/c1-3-26(23,24)20-8-6-12(7-9-20)16(22)25-11(2)15(21)19-14-5-4-13(17)10-18-14/h4-5,10-12H,3,6-9H2,1-2H3,(H,18,19,21)/t11-/m0/s1. The molecule has 1 aromatic heterocycles. The number of amides is 1. The molecule has 1 saturated heterocycles. The van der Waals surface area contributed by atoms with E-state index < -0.39 is 33.9 Å². The van der Waals surface area contributed by atoms with Gasteiger partial charge in [-0.15, -0.1) is 0 Å². The maximum Gasteiger partial charge on any atom is 0.309 e. The molecule has 1 atom stereocenters. The molecular weight excluding hydrogens is 382 g/mol. The summed E-state index contributed by atoms with van der Waals surface area (Å²) in [6.45, 7) is 3.63. The van der Waals surface area contributed by atoms with Gasteiger partial charge in [-0.2, -0.15) is 0 Å². The van der Waals surface area contributed by atoms with E-state index in [1.54, 1.807) is 19.1 Å². The molecule has 2 heterocycles. The average molecular weight is 404 g/mol. The Kier molecular flexibility index (Phi) is 6.96. The zero-order valence-corrected chi connectivity index (χ0v) is 16.2. The lowest BCUT2D eigenvalue weighted by Gasteiger charge is -2.30. The number of rotatable bonds is 6. The minimum Gasteiger partial charge on any atom is -0.452 e. The second-order valence-corrected chi connectivity index (χ2v) is 8.70. The van der Waals surface area contributed by atoms with Gasteiger partial charge < -0.3 is 10.1 Å². The Morgan fingerprint density at radius 2 is 2.04 bits per heavy atom. The highest BCUT2D eigenvalue weighted by molar-refractivity contribution is 7.89. The van der Waals surface area contributed by atoms with E-state index in [4.69, 9.17) is 16.3 Å². The van der Waals surface area contributed by atoms with E-state index in [1.807, 2.05) is 0 Å². The summed E-state index contributed by atoms with van der Waals surface area (Å²) in [7, 11) is -3.24. The number of sulfonamides is 1. The van der Waals surface area contributed by atoms with Crippen molar-refractivity contribution in [2.45, 2.75) is 32.8 Å². The molecule has 1 amide bonds. The summed E-state index contributed by atoms with van der Waals surface area (Å²) in [5.74, 6) is -1.06. The molecule has 0 radical (unpaired) electrons. The summed E-state index contributed by atoms with van der Waals surface area (Å²) in [6.07, 6.45) is 1.17. The van der Waals surface area contributed by atoms with Gasteiger partial charge in [-0.05, 0) is 38.8 Å². The summed E-state index contributed by atoms with van der Waals surface area (Å²) in [6, 6.07) is 3.12. The molecule has 144 valence electrons. The van der Waals surface area contributed by atoms with E-state index in [-0.39, 0.29) is 18.8 Å². The highest BCUT2D eigenvalue weighted by Gasteiger charge is 2.32. The Hall–Kier alpha value is -1.71. The molecule has 0 bridgehead atoms. The Morgan fingerprint density at radius 3 is 2.58 bits per heavy atom. The van der Waals surface area contributed by atoms with E-state index in [2.05, 4.69) is 10.3 Å². The number of pyridine rings is 1. The molecular formula is C16H22ClN3O5S. The number of piperidine rings is 1. The number of carbonyl (C=O) groups excluding carboxylic acids is 2. The second-order valence-electron chi connectivity index (χ2n) is 6.00. The zero-order valence-electron chi connectivity index (χ0n) is 14.6. The van der Waals surface area contributed by atoms with Crippen LogP contribution in [0.1, 0.15) is 26.7 Å². The number of halogens is 1. The number of carbonyl (C=O) groups is 2. The largest absolute Gasteiger partial charge is 0.452 e. The van der Waals surface area contributed by atoms with E-state index >= 15 is 0 Å². The summed E-state index contributed by atoms with van der Waals surface area (Å²) in [5, 5.41) is 2.98. The maximum absolute atomic E-state index is 12.2.